The predicted molar refractivity (Wildman–Crippen MR) is 72.6 cm³/mol. The van der Waals surface area contributed by atoms with E-state index >= 15 is 0 Å². The molecule has 114 valence electrons. The molecule has 3 nitrogen and oxygen atoms in total. The van der Waals surface area contributed by atoms with Crippen molar-refractivity contribution in [3.05, 3.63) is 11.7 Å². The van der Waals surface area contributed by atoms with Crippen LogP contribution in [0.2, 0.25) is 0 Å². The molecule has 0 N–H and O–H groups in total. The minimum atomic E-state index is -3.31. The Kier molecular flexibility index (Phi) is 10.0. The van der Waals surface area contributed by atoms with Gasteiger partial charge in [-0.15, -0.1) is 0 Å². The number of hydrogen-bond donors (Lipinski definition) is 0. The van der Waals surface area contributed by atoms with Gasteiger partial charge in [-0.05, 0) is 38.7 Å². The van der Waals surface area contributed by atoms with Crippen LogP contribution in [0.1, 0.15) is 58.8 Å². The highest BCUT2D eigenvalue weighted by Crippen LogP contribution is 2.16. The molecule has 19 heavy (non-hydrogen) atoms. The number of rotatable bonds is 11. The van der Waals surface area contributed by atoms with E-state index in [9.17, 15) is 17.2 Å². The van der Waals surface area contributed by atoms with E-state index in [1.165, 1.54) is 6.92 Å². The van der Waals surface area contributed by atoms with E-state index in [0.717, 1.165) is 38.5 Å². The molecule has 0 aliphatic carbocycles. The quantitative estimate of drug-likeness (QED) is 0.423. The second-order valence-electron chi connectivity index (χ2n) is 4.58. The Balaban J connectivity index is 3.36. The summed E-state index contributed by atoms with van der Waals surface area (Å²) < 4.78 is 50.9. The third-order valence-corrected chi connectivity index (χ3v) is 4.12. The maximum absolute atomic E-state index is 12.1. The third-order valence-electron chi connectivity index (χ3n) is 2.89. The fourth-order valence-electron chi connectivity index (χ4n) is 1.56. The molecule has 0 amide bonds. The van der Waals surface area contributed by atoms with Gasteiger partial charge in [0, 0.05) is 0 Å². The fourth-order valence-corrected chi connectivity index (χ4v) is 2.10. The van der Waals surface area contributed by atoms with E-state index in [4.69, 9.17) is 4.18 Å². The van der Waals surface area contributed by atoms with Crippen molar-refractivity contribution in [2.75, 3.05) is 12.4 Å². The van der Waals surface area contributed by atoms with Gasteiger partial charge in [-0.1, -0.05) is 25.7 Å². The van der Waals surface area contributed by atoms with E-state index in [1.807, 2.05) is 0 Å². The van der Waals surface area contributed by atoms with E-state index < -0.39 is 16.2 Å². The molecule has 0 atom stereocenters. The van der Waals surface area contributed by atoms with Crippen molar-refractivity contribution in [3.8, 4) is 0 Å². The Morgan fingerprint density at radius 3 is 2.05 bits per heavy atom. The maximum atomic E-state index is 12.1. The first kappa shape index (κ1) is 18.5. The van der Waals surface area contributed by atoms with Crippen LogP contribution < -0.4 is 0 Å². The second kappa shape index (κ2) is 10.3. The van der Waals surface area contributed by atoms with E-state index in [1.54, 1.807) is 6.92 Å². The Bertz CT molecular complexity index is 360. The predicted octanol–water partition coefficient (Wildman–Crippen LogP) is 4.25. The average molecular weight is 298 g/mol. The largest absolute Gasteiger partial charge is 0.270 e. The fraction of sp³-hybridized carbons (Fsp3) is 0.846. The summed E-state index contributed by atoms with van der Waals surface area (Å²) in [7, 11) is -3.31. The SMILES string of the molecule is CCS(=O)(=O)OCCCCCCCCC(C)=C(F)F. The summed E-state index contributed by atoms with van der Waals surface area (Å²) in [5.41, 5.74) is 0.179. The third kappa shape index (κ3) is 11.1. The molecule has 0 spiro atoms. The Labute approximate surface area is 115 Å². The highest BCUT2D eigenvalue weighted by molar-refractivity contribution is 7.86. The highest BCUT2D eigenvalue weighted by atomic mass is 32.2. The van der Waals surface area contributed by atoms with Gasteiger partial charge in [0.1, 0.15) is 0 Å². The lowest BCUT2D eigenvalue weighted by atomic mass is 10.1. The molecule has 0 aromatic carbocycles. The molecule has 0 aliphatic heterocycles. The lowest BCUT2D eigenvalue weighted by Gasteiger charge is -2.04. The molecule has 6 heteroatoms. The van der Waals surface area contributed by atoms with Crippen LogP contribution in [0.3, 0.4) is 0 Å². The summed E-state index contributed by atoms with van der Waals surface area (Å²) in [6.07, 6.45) is 4.21. The van der Waals surface area contributed by atoms with Crippen molar-refractivity contribution >= 4 is 10.1 Å². The van der Waals surface area contributed by atoms with Gasteiger partial charge in [0.05, 0.1) is 12.4 Å². The van der Waals surface area contributed by atoms with Crippen LogP contribution in [-0.4, -0.2) is 20.8 Å². The maximum Gasteiger partial charge on any atom is 0.269 e. The molecular formula is C13H24F2O3S. The molecular weight excluding hydrogens is 274 g/mol. The van der Waals surface area contributed by atoms with Crippen molar-refractivity contribution < 1.29 is 21.4 Å². The van der Waals surface area contributed by atoms with Crippen molar-refractivity contribution in [1.29, 1.82) is 0 Å². The summed E-state index contributed by atoms with van der Waals surface area (Å²) in [5, 5.41) is 0. The van der Waals surface area contributed by atoms with Gasteiger partial charge in [-0.3, -0.25) is 4.18 Å². The molecule has 0 rings (SSSR count). The summed E-state index contributed by atoms with van der Waals surface area (Å²) in [4.78, 5) is 0. The van der Waals surface area contributed by atoms with Gasteiger partial charge in [0.25, 0.3) is 16.2 Å². The minimum Gasteiger partial charge on any atom is -0.270 e. The topological polar surface area (TPSA) is 43.4 Å². The first-order valence-electron chi connectivity index (χ1n) is 6.77. The van der Waals surface area contributed by atoms with Gasteiger partial charge >= 0.3 is 0 Å². The molecule has 0 bridgehead atoms. The lowest BCUT2D eigenvalue weighted by Crippen LogP contribution is -2.09. The van der Waals surface area contributed by atoms with Crippen molar-refractivity contribution in [3.63, 3.8) is 0 Å². The van der Waals surface area contributed by atoms with E-state index in [-0.39, 0.29) is 17.9 Å². The summed E-state index contributed by atoms with van der Waals surface area (Å²) in [6.45, 7) is 3.25. The molecule has 0 heterocycles. The zero-order chi connectivity index (χ0) is 14.7. The normalized spacial score (nSPS) is 11.6. The molecule has 0 saturated carbocycles. The summed E-state index contributed by atoms with van der Waals surface area (Å²) in [6, 6.07) is 0. The van der Waals surface area contributed by atoms with Crippen molar-refractivity contribution in [1.82, 2.24) is 0 Å². The summed E-state index contributed by atoms with van der Waals surface area (Å²) in [5.74, 6) is 0.00496. The number of allylic oxidation sites excluding steroid dienone is 1. The summed E-state index contributed by atoms with van der Waals surface area (Å²) >= 11 is 0. The van der Waals surface area contributed by atoms with Gasteiger partial charge in [0.15, 0.2) is 0 Å². The van der Waals surface area contributed by atoms with Gasteiger partial charge in [0.2, 0.25) is 0 Å². The van der Waals surface area contributed by atoms with E-state index in [0.29, 0.717) is 6.42 Å². The Hall–Kier alpha value is -0.490. The van der Waals surface area contributed by atoms with Gasteiger partial charge in [-0.25, -0.2) is 0 Å². The minimum absolute atomic E-state index is 0.00496. The Morgan fingerprint density at radius 1 is 1.00 bits per heavy atom. The number of halogens is 2. The molecule has 0 fully saturated rings. The second-order valence-corrected chi connectivity index (χ2v) is 6.51. The molecule has 0 radical (unpaired) electrons. The Morgan fingerprint density at radius 2 is 1.53 bits per heavy atom. The van der Waals surface area contributed by atoms with Crippen molar-refractivity contribution in [2.45, 2.75) is 58.8 Å². The molecule has 0 aliphatic rings. The molecule has 0 aromatic rings. The van der Waals surface area contributed by atoms with Crippen LogP contribution in [0.5, 0.6) is 0 Å². The molecule has 0 aromatic heterocycles. The van der Waals surface area contributed by atoms with Gasteiger partial charge in [-0.2, -0.15) is 17.2 Å². The zero-order valence-electron chi connectivity index (χ0n) is 11.8. The molecule has 0 unspecified atom stereocenters. The van der Waals surface area contributed by atoms with Gasteiger partial charge < -0.3 is 0 Å². The van der Waals surface area contributed by atoms with Crippen molar-refractivity contribution in [2.24, 2.45) is 0 Å². The van der Waals surface area contributed by atoms with Crippen LogP contribution >= 0.6 is 0 Å². The van der Waals surface area contributed by atoms with Crippen LogP contribution in [0.25, 0.3) is 0 Å². The lowest BCUT2D eigenvalue weighted by molar-refractivity contribution is 0.307. The zero-order valence-corrected chi connectivity index (χ0v) is 12.6. The van der Waals surface area contributed by atoms with Crippen LogP contribution in [-0.2, 0) is 14.3 Å². The van der Waals surface area contributed by atoms with Crippen LogP contribution in [0.4, 0.5) is 8.78 Å². The van der Waals surface area contributed by atoms with Crippen LogP contribution in [0.15, 0.2) is 11.7 Å². The molecule has 0 saturated heterocycles. The van der Waals surface area contributed by atoms with E-state index in [2.05, 4.69) is 0 Å². The number of unbranched alkanes of at least 4 members (excludes halogenated alkanes) is 5. The number of hydrogen-bond acceptors (Lipinski definition) is 3. The highest BCUT2D eigenvalue weighted by Gasteiger charge is 2.05. The van der Waals surface area contributed by atoms with Crippen LogP contribution in [0, 0.1) is 0 Å². The smallest absolute Gasteiger partial charge is 0.269 e. The first-order chi connectivity index (χ1) is 8.89. The average Bonchev–Trinajstić information content (AvgIpc) is 2.36. The first-order valence-corrected chi connectivity index (χ1v) is 8.34. The monoisotopic (exact) mass is 298 g/mol. The standard InChI is InChI=1S/C13H24F2O3S/c1-3-19(16,17)18-11-9-7-5-4-6-8-10-12(2)13(14)15/h3-11H2,1-2H3.